The fourth-order valence-corrected chi connectivity index (χ4v) is 2.59. The molecular formula is C17H23N7O2. The molecule has 0 radical (unpaired) electrons. The van der Waals surface area contributed by atoms with Crippen molar-refractivity contribution >= 4 is 22.9 Å². The minimum Gasteiger partial charge on any atom is -0.394 e. The molecule has 138 valence electrons. The Morgan fingerprint density at radius 1 is 1.04 bits per heavy atom. The number of anilines is 2. The van der Waals surface area contributed by atoms with Crippen LogP contribution in [0.15, 0.2) is 30.3 Å². The van der Waals surface area contributed by atoms with E-state index in [1.165, 1.54) is 0 Å². The van der Waals surface area contributed by atoms with Crippen molar-refractivity contribution in [2.75, 3.05) is 23.8 Å². The molecule has 0 saturated heterocycles. The number of aromatic nitrogens is 5. The van der Waals surface area contributed by atoms with E-state index >= 15 is 0 Å². The second kappa shape index (κ2) is 8.07. The van der Waals surface area contributed by atoms with Gasteiger partial charge in [-0.2, -0.15) is 9.97 Å². The number of hydrogen-bond donors (Lipinski definition) is 5. The normalized spacial score (nSPS) is 13.7. The molecule has 0 unspecified atom stereocenters. The number of benzene rings is 1. The van der Waals surface area contributed by atoms with Gasteiger partial charge in [-0.1, -0.05) is 49.4 Å². The van der Waals surface area contributed by atoms with E-state index in [9.17, 15) is 10.2 Å². The average Bonchev–Trinajstić information content (AvgIpc) is 3.13. The van der Waals surface area contributed by atoms with E-state index in [2.05, 4.69) is 36.0 Å². The van der Waals surface area contributed by atoms with Crippen molar-refractivity contribution in [2.45, 2.75) is 25.9 Å². The highest BCUT2D eigenvalue weighted by atomic mass is 16.3. The Hall–Kier alpha value is -2.78. The van der Waals surface area contributed by atoms with Crippen LogP contribution in [0, 0.1) is 5.92 Å². The molecular weight excluding hydrogens is 334 g/mol. The van der Waals surface area contributed by atoms with Crippen LogP contribution in [0.3, 0.4) is 0 Å². The van der Waals surface area contributed by atoms with E-state index in [1.54, 1.807) is 0 Å². The molecule has 0 aliphatic heterocycles. The summed E-state index contributed by atoms with van der Waals surface area (Å²) in [5.41, 5.74) is 1.88. The molecule has 0 spiro atoms. The monoisotopic (exact) mass is 357 g/mol. The molecule has 0 saturated carbocycles. The Bertz CT molecular complexity index is 838. The number of aromatic amines is 1. The van der Waals surface area contributed by atoms with Crippen molar-refractivity contribution in [1.82, 2.24) is 25.4 Å². The fraction of sp³-hybridized carbons (Fsp3) is 0.412. The highest BCUT2D eigenvalue weighted by Crippen LogP contribution is 2.24. The standard InChI is InChI=1S/C17H23N7O2/c1-10(2)12(8-25)19-17-20-15(14-16(21-17)23-24-22-14)18-13(9-26)11-6-4-3-5-7-11/h3-7,10,12-13,25-26H,8-9H2,1-2H3,(H3,18,19,20,21,22,23,24)/t12-,13-/m0/s1. The number of hydrogen-bond acceptors (Lipinski definition) is 8. The number of nitrogens with one attached hydrogen (secondary N) is 3. The zero-order valence-corrected chi connectivity index (χ0v) is 14.7. The van der Waals surface area contributed by atoms with Gasteiger partial charge in [0.15, 0.2) is 5.82 Å². The van der Waals surface area contributed by atoms with Crippen LogP contribution in [0.5, 0.6) is 0 Å². The van der Waals surface area contributed by atoms with Gasteiger partial charge < -0.3 is 20.8 Å². The number of nitrogens with zero attached hydrogens (tertiary/aromatic N) is 4. The summed E-state index contributed by atoms with van der Waals surface area (Å²) in [6.45, 7) is 3.85. The molecule has 0 aliphatic carbocycles. The van der Waals surface area contributed by atoms with Crippen LogP contribution >= 0.6 is 0 Å². The summed E-state index contributed by atoms with van der Waals surface area (Å²) < 4.78 is 0. The van der Waals surface area contributed by atoms with Crippen molar-refractivity contribution in [1.29, 1.82) is 0 Å². The number of aliphatic hydroxyl groups is 2. The van der Waals surface area contributed by atoms with Gasteiger partial charge in [0.25, 0.3) is 0 Å². The third-order valence-electron chi connectivity index (χ3n) is 4.21. The number of H-pyrrole nitrogens is 1. The summed E-state index contributed by atoms with van der Waals surface area (Å²) >= 11 is 0. The summed E-state index contributed by atoms with van der Waals surface area (Å²) in [5, 5.41) is 36.2. The quantitative estimate of drug-likeness (QED) is 0.408. The number of fused-ring (bicyclic) bond motifs is 1. The van der Waals surface area contributed by atoms with Crippen LogP contribution in [0.25, 0.3) is 11.2 Å². The molecule has 2 aromatic heterocycles. The first-order valence-electron chi connectivity index (χ1n) is 8.51. The summed E-state index contributed by atoms with van der Waals surface area (Å²) in [7, 11) is 0. The molecule has 3 rings (SSSR count). The maximum Gasteiger partial charge on any atom is 0.227 e. The third kappa shape index (κ3) is 3.89. The lowest BCUT2D eigenvalue weighted by molar-refractivity contribution is 0.248. The van der Waals surface area contributed by atoms with Gasteiger partial charge in [0.05, 0.1) is 25.3 Å². The zero-order valence-electron chi connectivity index (χ0n) is 14.7. The average molecular weight is 357 g/mol. The molecule has 2 atom stereocenters. The summed E-state index contributed by atoms with van der Waals surface area (Å²) in [6, 6.07) is 9.07. The van der Waals surface area contributed by atoms with Gasteiger partial charge in [0, 0.05) is 0 Å². The van der Waals surface area contributed by atoms with E-state index in [1.807, 2.05) is 44.2 Å². The van der Waals surface area contributed by atoms with Crippen LogP contribution in [0.1, 0.15) is 25.5 Å². The van der Waals surface area contributed by atoms with Gasteiger partial charge in [-0.15, -0.1) is 5.10 Å². The van der Waals surface area contributed by atoms with E-state index < -0.39 is 0 Å². The van der Waals surface area contributed by atoms with Gasteiger partial charge in [0.1, 0.15) is 5.52 Å². The molecule has 1 aromatic carbocycles. The van der Waals surface area contributed by atoms with Crippen molar-refractivity contribution in [3.8, 4) is 0 Å². The first kappa shape index (κ1) is 18.0. The SMILES string of the molecule is CC(C)[C@H](CO)Nc1nc(N[C@@H](CO)c2ccccc2)c2[nH]nnc2n1. The number of rotatable bonds is 8. The Labute approximate surface area is 150 Å². The minimum atomic E-state index is -0.343. The van der Waals surface area contributed by atoms with E-state index in [4.69, 9.17) is 0 Å². The van der Waals surface area contributed by atoms with Crippen LogP contribution in [-0.2, 0) is 0 Å². The Kier molecular flexibility index (Phi) is 5.59. The van der Waals surface area contributed by atoms with Crippen molar-refractivity contribution in [3.05, 3.63) is 35.9 Å². The summed E-state index contributed by atoms with van der Waals surface area (Å²) in [4.78, 5) is 8.82. The van der Waals surface area contributed by atoms with Gasteiger partial charge in [-0.3, -0.25) is 5.10 Å². The van der Waals surface area contributed by atoms with Crippen molar-refractivity contribution in [2.24, 2.45) is 5.92 Å². The maximum atomic E-state index is 9.79. The van der Waals surface area contributed by atoms with Gasteiger partial charge in [-0.25, -0.2) is 0 Å². The highest BCUT2D eigenvalue weighted by molar-refractivity contribution is 5.83. The molecule has 0 bridgehead atoms. The Balaban J connectivity index is 1.92. The lowest BCUT2D eigenvalue weighted by Crippen LogP contribution is -2.30. The van der Waals surface area contributed by atoms with Gasteiger partial charge >= 0.3 is 0 Å². The summed E-state index contributed by atoms with van der Waals surface area (Å²) in [5.74, 6) is 1.01. The van der Waals surface area contributed by atoms with Crippen molar-refractivity contribution < 1.29 is 10.2 Å². The predicted molar refractivity (Wildman–Crippen MR) is 98.7 cm³/mol. The fourth-order valence-electron chi connectivity index (χ4n) is 2.59. The van der Waals surface area contributed by atoms with E-state index in [-0.39, 0.29) is 31.2 Å². The largest absolute Gasteiger partial charge is 0.394 e. The van der Waals surface area contributed by atoms with Crippen LogP contribution < -0.4 is 10.6 Å². The smallest absolute Gasteiger partial charge is 0.227 e. The summed E-state index contributed by atoms with van der Waals surface area (Å²) in [6.07, 6.45) is 0. The van der Waals surface area contributed by atoms with E-state index in [0.717, 1.165) is 5.56 Å². The molecule has 0 aliphatic rings. The maximum absolute atomic E-state index is 9.79. The lowest BCUT2D eigenvalue weighted by Gasteiger charge is -2.21. The van der Waals surface area contributed by atoms with Gasteiger partial charge in [0.2, 0.25) is 11.6 Å². The minimum absolute atomic E-state index is 0.0378. The van der Waals surface area contributed by atoms with Crippen LogP contribution in [-0.4, -0.2) is 54.8 Å². The second-order valence-corrected chi connectivity index (χ2v) is 6.37. The number of aliphatic hydroxyl groups excluding tert-OH is 2. The molecule has 2 heterocycles. The molecule has 3 aromatic rings. The molecule has 9 heteroatoms. The second-order valence-electron chi connectivity index (χ2n) is 6.37. The molecule has 5 N–H and O–H groups in total. The van der Waals surface area contributed by atoms with Crippen LogP contribution in [0.2, 0.25) is 0 Å². The van der Waals surface area contributed by atoms with Gasteiger partial charge in [-0.05, 0) is 11.5 Å². The Morgan fingerprint density at radius 3 is 2.46 bits per heavy atom. The topological polar surface area (TPSA) is 132 Å². The van der Waals surface area contributed by atoms with Crippen LogP contribution in [0.4, 0.5) is 11.8 Å². The molecule has 0 amide bonds. The third-order valence-corrected chi connectivity index (χ3v) is 4.21. The first-order chi connectivity index (χ1) is 12.6. The van der Waals surface area contributed by atoms with Crippen molar-refractivity contribution in [3.63, 3.8) is 0 Å². The molecule has 26 heavy (non-hydrogen) atoms. The first-order valence-corrected chi connectivity index (χ1v) is 8.51. The predicted octanol–water partition coefficient (Wildman–Crippen LogP) is 1.32. The molecule has 9 nitrogen and oxygen atoms in total. The molecule has 0 fully saturated rings. The zero-order chi connectivity index (χ0) is 18.5. The Morgan fingerprint density at radius 2 is 1.81 bits per heavy atom. The lowest BCUT2D eigenvalue weighted by atomic mass is 10.1. The highest BCUT2D eigenvalue weighted by Gasteiger charge is 2.19. The van der Waals surface area contributed by atoms with E-state index in [0.29, 0.717) is 22.9 Å².